The smallest absolute Gasteiger partial charge is 0.115 e. The molecule has 3 nitrogen and oxygen atoms in total. The van der Waals surface area contributed by atoms with Crippen LogP contribution in [0.1, 0.15) is 18.4 Å². The lowest BCUT2D eigenvalue weighted by Crippen LogP contribution is -2.30. The number of nitrogens with one attached hydrogen (secondary N) is 1. The van der Waals surface area contributed by atoms with Crippen molar-refractivity contribution in [3.05, 3.63) is 35.9 Å². The van der Waals surface area contributed by atoms with Crippen LogP contribution in [-0.4, -0.2) is 43.2 Å². The second-order valence-corrected chi connectivity index (χ2v) is 4.78. The molecular weight excluding hydrogens is 224 g/mol. The van der Waals surface area contributed by atoms with Crippen molar-refractivity contribution >= 4 is 5.57 Å². The topological polar surface area (TPSA) is 35.5 Å². The van der Waals surface area contributed by atoms with Gasteiger partial charge in [-0.15, -0.1) is 0 Å². The van der Waals surface area contributed by atoms with Gasteiger partial charge in [0.05, 0.1) is 0 Å². The molecule has 0 aliphatic carbocycles. The molecule has 3 heteroatoms. The van der Waals surface area contributed by atoms with Crippen molar-refractivity contribution in [1.29, 1.82) is 0 Å². The Balaban J connectivity index is 1.88. The monoisotopic (exact) mass is 246 g/mol. The van der Waals surface area contributed by atoms with Gasteiger partial charge in [-0.2, -0.15) is 0 Å². The van der Waals surface area contributed by atoms with Crippen LogP contribution in [0.15, 0.2) is 30.3 Å². The second-order valence-electron chi connectivity index (χ2n) is 4.78. The summed E-state index contributed by atoms with van der Waals surface area (Å²) in [7, 11) is 2.00. The Labute approximate surface area is 109 Å². The second kappa shape index (κ2) is 6.57. The first-order valence-electron chi connectivity index (χ1n) is 6.65. The van der Waals surface area contributed by atoms with Crippen LogP contribution in [0.3, 0.4) is 0 Å². The molecule has 0 spiro atoms. The molecule has 0 fully saturated rings. The quantitative estimate of drug-likeness (QED) is 0.781. The van der Waals surface area contributed by atoms with Gasteiger partial charge >= 0.3 is 0 Å². The number of hydrogen-bond donors (Lipinski definition) is 2. The van der Waals surface area contributed by atoms with Crippen LogP contribution in [0.2, 0.25) is 0 Å². The highest BCUT2D eigenvalue weighted by Crippen LogP contribution is 2.23. The molecule has 0 saturated carbocycles. The number of nitrogens with zero attached hydrogens (tertiary/aromatic N) is 1. The van der Waals surface area contributed by atoms with Crippen LogP contribution >= 0.6 is 0 Å². The van der Waals surface area contributed by atoms with E-state index in [1.807, 2.05) is 19.2 Å². The molecule has 2 N–H and O–H groups in total. The van der Waals surface area contributed by atoms with Gasteiger partial charge in [-0.1, -0.05) is 18.2 Å². The molecule has 1 aromatic carbocycles. The average molecular weight is 246 g/mol. The van der Waals surface area contributed by atoms with Gasteiger partial charge in [0, 0.05) is 13.1 Å². The summed E-state index contributed by atoms with van der Waals surface area (Å²) in [5, 5.41) is 12.5. The predicted octanol–water partition coefficient (Wildman–Crippen LogP) is 2.09. The van der Waals surface area contributed by atoms with Crippen molar-refractivity contribution in [2.45, 2.75) is 12.8 Å². The molecule has 0 radical (unpaired) electrons. The van der Waals surface area contributed by atoms with E-state index in [2.05, 4.69) is 16.3 Å². The number of aromatic hydroxyl groups is 1. The van der Waals surface area contributed by atoms with E-state index in [1.165, 1.54) is 24.1 Å². The molecule has 0 amide bonds. The number of phenols is 1. The van der Waals surface area contributed by atoms with Gasteiger partial charge in [-0.3, -0.25) is 4.90 Å². The molecule has 0 aromatic heterocycles. The Hall–Kier alpha value is -1.32. The summed E-state index contributed by atoms with van der Waals surface area (Å²) in [4.78, 5) is 2.49. The Bertz CT molecular complexity index is 397. The lowest BCUT2D eigenvalue weighted by atomic mass is 9.99. The summed E-state index contributed by atoms with van der Waals surface area (Å²) >= 11 is 0. The van der Waals surface area contributed by atoms with E-state index in [4.69, 9.17) is 0 Å². The van der Waals surface area contributed by atoms with Gasteiger partial charge in [0.2, 0.25) is 0 Å². The molecule has 18 heavy (non-hydrogen) atoms. The van der Waals surface area contributed by atoms with Gasteiger partial charge in [0.15, 0.2) is 0 Å². The minimum Gasteiger partial charge on any atom is -0.508 e. The van der Waals surface area contributed by atoms with Crippen LogP contribution < -0.4 is 5.32 Å². The van der Waals surface area contributed by atoms with Gasteiger partial charge in [-0.05, 0) is 56.2 Å². The van der Waals surface area contributed by atoms with Crippen molar-refractivity contribution in [3.8, 4) is 5.75 Å². The maximum absolute atomic E-state index is 9.28. The Morgan fingerprint density at radius 2 is 2.06 bits per heavy atom. The van der Waals surface area contributed by atoms with Gasteiger partial charge in [0.25, 0.3) is 0 Å². The summed E-state index contributed by atoms with van der Waals surface area (Å²) in [5.74, 6) is 0.337. The molecule has 0 unspecified atom stereocenters. The van der Waals surface area contributed by atoms with Crippen molar-refractivity contribution < 1.29 is 5.11 Å². The normalized spacial score (nSPS) is 16.6. The van der Waals surface area contributed by atoms with Crippen LogP contribution in [0.4, 0.5) is 0 Å². The van der Waals surface area contributed by atoms with Gasteiger partial charge in [-0.25, -0.2) is 0 Å². The lowest BCUT2D eigenvalue weighted by molar-refractivity contribution is 0.297. The summed E-state index contributed by atoms with van der Waals surface area (Å²) in [6, 6.07) is 7.51. The standard InChI is InChI=1S/C15H22N2O/c1-16-9-2-10-17-11-7-14(8-12-17)13-3-5-15(18)6-4-13/h3-7,16,18H,2,8-12H2,1H3. The predicted molar refractivity (Wildman–Crippen MR) is 75.7 cm³/mol. The summed E-state index contributed by atoms with van der Waals surface area (Å²) < 4.78 is 0. The van der Waals surface area contributed by atoms with Crippen molar-refractivity contribution in [2.75, 3.05) is 33.2 Å². The number of phenolic OH excluding ortho intramolecular Hbond substituents is 1. The maximum Gasteiger partial charge on any atom is 0.115 e. The molecule has 1 heterocycles. The van der Waals surface area contributed by atoms with E-state index in [0.29, 0.717) is 5.75 Å². The lowest BCUT2D eigenvalue weighted by Gasteiger charge is -2.26. The highest BCUT2D eigenvalue weighted by Gasteiger charge is 2.12. The van der Waals surface area contributed by atoms with Crippen molar-refractivity contribution in [1.82, 2.24) is 10.2 Å². The zero-order valence-corrected chi connectivity index (χ0v) is 11.0. The molecule has 2 rings (SSSR count). The van der Waals surface area contributed by atoms with Crippen LogP contribution in [-0.2, 0) is 0 Å². The van der Waals surface area contributed by atoms with E-state index in [9.17, 15) is 5.11 Å². The third-order valence-corrected chi connectivity index (χ3v) is 3.43. The fourth-order valence-electron chi connectivity index (χ4n) is 2.33. The fourth-order valence-corrected chi connectivity index (χ4v) is 2.33. The maximum atomic E-state index is 9.28. The number of rotatable bonds is 5. The summed E-state index contributed by atoms with van der Waals surface area (Å²) in [6.07, 6.45) is 4.62. The molecule has 1 aromatic rings. The first kappa shape index (κ1) is 13.1. The van der Waals surface area contributed by atoms with Crippen molar-refractivity contribution in [2.24, 2.45) is 0 Å². The third kappa shape index (κ3) is 3.59. The molecule has 0 bridgehead atoms. The average Bonchev–Trinajstić information content (AvgIpc) is 2.41. The van der Waals surface area contributed by atoms with Gasteiger partial charge < -0.3 is 10.4 Å². The zero-order chi connectivity index (χ0) is 12.8. The van der Waals surface area contributed by atoms with Crippen LogP contribution in [0.5, 0.6) is 5.75 Å². The van der Waals surface area contributed by atoms with E-state index in [0.717, 1.165) is 26.1 Å². The van der Waals surface area contributed by atoms with E-state index < -0.39 is 0 Å². The van der Waals surface area contributed by atoms with E-state index in [-0.39, 0.29) is 0 Å². The first-order valence-corrected chi connectivity index (χ1v) is 6.65. The highest BCUT2D eigenvalue weighted by molar-refractivity contribution is 5.67. The molecular formula is C15H22N2O. The Morgan fingerprint density at radius 3 is 2.67 bits per heavy atom. The number of hydrogen-bond acceptors (Lipinski definition) is 3. The zero-order valence-electron chi connectivity index (χ0n) is 11.0. The highest BCUT2D eigenvalue weighted by atomic mass is 16.3. The Kier molecular flexibility index (Phi) is 4.79. The molecule has 0 saturated heterocycles. The third-order valence-electron chi connectivity index (χ3n) is 3.43. The van der Waals surface area contributed by atoms with E-state index in [1.54, 1.807) is 12.1 Å². The largest absolute Gasteiger partial charge is 0.508 e. The SMILES string of the molecule is CNCCCN1CC=C(c2ccc(O)cc2)CC1. The van der Waals surface area contributed by atoms with Crippen LogP contribution in [0, 0.1) is 0 Å². The molecule has 1 aliphatic heterocycles. The minimum absolute atomic E-state index is 0.337. The summed E-state index contributed by atoms with van der Waals surface area (Å²) in [6.45, 7) is 4.43. The van der Waals surface area contributed by atoms with E-state index >= 15 is 0 Å². The molecule has 0 atom stereocenters. The minimum atomic E-state index is 0.337. The molecule has 98 valence electrons. The molecule has 1 aliphatic rings. The first-order chi connectivity index (χ1) is 8.79. The van der Waals surface area contributed by atoms with Gasteiger partial charge in [0.1, 0.15) is 5.75 Å². The van der Waals surface area contributed by atoms with Crippen LogP contribution in [0.25, 0.3) is 5.57 Å². The fraction of sp³-hybridized carbons (Fsp3) is 0.467. The summed E-state index contributed by atoms with van der Waals surface area (Å²) in [5.41, 5.74) is 2.64. The van der Waals surface area contributed by atoms with Crippen molar-refractivity contribution in [3.63, 3.8) is 0 Å². The Morgan fingerprint density at radius 1 is 1.28 bits per heavy atom. The number of benzene rings is 1.